The molecule has 6 nitrogen and oxygen atoms in total. The lowest BCUT2D eigenvalue weighted by Crippen LogP contribution is -2.66. The van der Waals surface area contributed by atoms with E-state index in [-0.39, 0.29) is 35.9 Å². The van der Waals surface area contributed by atoms with Crippen molar-refractivity contribution in [3.05, 3.63) is 144 Å². The Morgan fingerprint density at radius 3 is 2.16 bits per heavy atom. The molecule has 8 heteroatoms. The van der Waals surface area contributed by atoms with E-state index in [9.17, 15) is 13.5 Å². The van der Waals surface area contributed by atoms with Gasteiger partial charge in [-0.25, -0.2) is 8.42 Å². The van der Waals surface area contributed by atoms with Crippen LogP contribution >= 0.6 is 0 Å². The monoisotopic (exact) mass is 701 g/mol. The van der Waals surface area contributed by atoms with Crippen LogP contribution in [0.5, 0.6) is 5.75 Å². The zero-order valence-electron chi connectivity index (χ0n) is 28.8. The van der Waals surface area contributed by atoms with Crippen molar-refractivity contribution in [2.75, 3.05) is 19.0 Å². The van der Waals surface area contributed by atoms with Gasteiger partial charge in [0, 0.05) is 11.6 Å². The summed E-state index contributed by atoms with van der Waals surface area (Å²) >= 11 is 0. The van der Waals surface area contributed by atoms with Crippen LogP contribution in [0.3, 0.4) is 0 Å². The molecule has 2 aliphatic heterocycles. The number of aromatic nitrogens is 1. The first kappa shape index (κ1) is 34.1. The number of ether oxygens (including phenoxy) is 1. The smallest absolute Gasteiger partial charge is 0.261 e. The lowest BCUT2D eigenvalue weighted by atomic mass is 9.94. The van der Waals surface area contributed by atoms with Gasteiger partial charge in [-0.15, -0.1) is 0 Å². The fourth-order valence-corrected chi connectivity index (χ4v) is 14.3. The van der Waals surface area contributed by atoms with Gasteiger partial charge in [-0.3, -0.25) is 4.98 Å². The average Bonchev–Trinajstić information content (AvgIpc) is 3.67. The lowest BCUT2D eigenvalue weighted by molar-refractivity contribution is 0.118. The molecular formula is C42H43NO5SSi. The summed E-state index contributed by atoms with van der Waals surface area (Å²) in [5.41, 5.74) is 4.55. The van der Waals surface area contributed by atoms with E-state index >= 15 is 0 Å². The van der Waals surface area contributed by atoms with E-state index < -0.39 is 23.4 Å². The molecule has 0 bridgehead atoms. The van der Waals surface area contributed by atoms with Gasteiger partial charge in [0.25, 0.3) is 8.32 Å². The molecule has 50 heavy (non-hydrogen) atoms. The van der Waals surface area contributed by atoms with Crippen molar-refractivity contribution in [1.82, 2.24) is 4.98 Å². The minimum Gasteiger partial charge on any atom is -0.507 e. The molecule has 0 aliphatic carbocycles. The van der Waals surface area contributed by atoms with E-state index in [0.29, 0.717) is 12.8 Å². The zero-order chi connectivity index (χ0) is 34.9. The predicted octanol–water partition coefficient (Wildman–Crippen LogP) is 7.33. The van der Waals surface area contributed by atoms with Crippen LogP contribution < -0.4 is 10.4 Å². The molecule has 0 spiro atoms. The Morgan fingerprint density at radius 1 is 0.880 bits per heavy atom. The molecule has 5 aromatic rings. The second-order valence-corrected chi connectivity index (χ2v) is 20.8. The van der Waals surface area contributed by atoms with Crippen molar-refractivity contribution < 1.29 is 22.7 Å². The van der Waals surface area contributed by atoms with Crippen LogP contribution in [-0.4, -0.2) is 57.1 Å². The summed E-state index contributed by atoms with van der Waals surface area (Å²) in [4.78, 5) is 4.68. The van der Waals surface area contributed by atoms with E-state index in [4.69, 9.17) is 9.16 Å². The Kier molecular flexibility index (Phi) is 9.39. The number of allylic oxidation sites excluding steroid dienone is 1. The van der Waals surface area contributed by atoms with E-state index in [1.807, 2.05) is 60.7 Å². The maximum atomic E-state index is 13.6. The van der Waals surface area contributed by atoms with Gasteiger partial charge in [0.2, 0.25) is 0 Å². The van der Waals surface area contributed by atoms with Crippen molar-refractivity contribution in [2.24, 2.45) is 0 Å². The first-order valence-corrected chi connectivity index (χ1v) is 20.8. The van der Waals surface area contributed by atoms with Crippen LogP contribution in [0, 0.1) is 0 Å². The van der Waals surface area contributed by atoms with Crippen molar-refractivity contribution in [1.29, 1.82) is 0 Å². The van der Waals surface area contributed by atoms with Crippen molar-refractivity contribution >= 4 is 50.9 Å². The molecule has 256 valence electrons. The van der Waals surface area contributed by atoms with E-state index in [1.165, 1.54) is 0 Å². The third kappa shape index (κ3) is 6.37. The summed E-state index contributed by atoms with van der Waals surface area (Å²) in [7, 11) is -6.30. The highest BCUT2D eigenvalue weighted by molar-refractivity contribution is 7.92. The summed E-state index contributed by atoms with van der Waals surface area (Å²) in [5.74, 6) is 0.234. The highest BCUT2D eigenvalue weighted by Gasteiger charge is 2.52. The fraction of sp³-hybridized carbons (Fsp3) is 0.262. The minimum atomic E-state index is -3.42. The molecule has 0 unspecified atom stereocenters. The maximum absolute atomic E-state index is 13.6. The molecule has 1 N–H and O–H groups in total. The van der Waals surface area contributed by atoms with Gasteiger partial charge in [0.15, 0.2) is 9.84 Å². The molecule has 0 radical (unpaired) electrons. The average molecular weight is 702 g/mol. The first-order chi connectivity index (χ1) is 24.1. The first-order valence-electron chi connectivity index (χ1n) is 17.2. The van der Waals surface area contributed by atoms with Crippen LogP contribution in [0.15, 0.2) is 133 Å². The number of aromatic hydroxyl groups is 1. The molecule has 1 aromatic heterocycles. The molecular weight excluding hydrogens is 659 g/mol. The van der Waals surface area contributed by atoms with Crippen LogP contribution in [0.2, 0.25) is 5.04 Å². The second kappa shape index (κ2) is 13.8. The predicted molar refractivity (Wildman–Crippen MR) is 205 cm³/mol. The zero-order valence-corrected chi connectivity index (χ0v) is 30.6. The number of nitrogens with zero attached hydrogens (tertiary/aromatic N) is 1. The van der Waals surface area contributed by atoms with Gasteiger partial charge in [0.05, 0.1) is 30.8 Å². The number of hydrogen-bond donors (Lipinski definition) is 1. The van der Waals surface area contributed by atoms with E-state index in [2.05, 4.69) is 80.4 Å². The number of phenolic OH excluding ortho intramolecular Hbond substituents is 1. The number of rotatable bonds is 10. The third-order valence-corrected chi connectivity index (χ3v) is 17.2. The normalized spacial score (nSPS) is 19.2. The number of benzene rings is 4. The summed E-state index contributed by atoms with van der Waals surface area (Å²) in [6.45, 7) is 7.09. The molecule has 3 heterocycles. The number of fused-ring (bicyclic) bond motifs is 2. The van der Waals surface area contributed by atoms with Gasteiger partial charge in [-0.05, 0) is 80.2 Å². The Bertz CT molecular complexity index is 2120. The van der Waals surface area contributed by atoms with Gasteiger partial charge in [-0.2, -0.15) is 0 Å². The molecule has 0 saturated carbocycles. The second-order valence-electron chi connectivity index (χ2n) is 14.3. The van der Waals surface area contributed by atoms with Gasteiger partial charge < -0.3 is 14.3 Å². The van der Waals surface area contributed by atoms with Crippen LogP contribution in [-0.2, 0) is 19.0 Å². The Balaban J connectivity index is 1.23. The Hall–Kier alpha value is -4.34. The standard InChI is InChI=1S/C42H43NO5SSi/c1-42(2,3)50(33-14-6-4-7-15-33,34-16-8-5-9-17-34)48-27-32-29-49(45,46)40-28-47-39(41(32)40)24-22-31(37-20-12-13-25-43-37)26-30-21-23-38(44)36-19-11-10-18-35(30)36/h4-21,23,25-26,39-40,44H,22,24,27-29H2,1-3H3/b31-26-/t39-,40+/m1/s1. The third-order valence-electron chi connectivity index (χ3n) is 10.2. The van der Waals surface area contributed by atoms with Crippen molar-refractivity contribution in [3.8, 4) is 5.75 Å². The largest absolute Gasteiger partial charge is 0.507 e. The number of pyridine rings is 1. The van der Waals surface area contributed by atoms with Crippen molar-refractivity contribution in [2.45, 2.75) is 50.0 Å². The van der Waals surface area contributed by atoms with Gasteiger partial charge in [0.1, 0.15) is 11.0 Å². The molecule has 2 atom stereocenters. The van der Waals surface area contributed by atoms with Crippen LogP contribution in [0.1, 0.15) is 44.9 Å². The number of sulfone groups is 1. The summed E-state index contributed by atoms with van der Waals surface area (Å²) in [5, 5.41) is 13.7. The van der Waals surface area contributed by atoms with Gasteiger partial charge >= 0.3 is 0 Å². The van der Waals surface area contributed by atoms with E-state index in [1.54, 1.807) is 12.3 Å². The maximum Gasteiger partial charge on any atom is 0.261 e. The fourth-order valence-electron chi connectivity index (χ4n) is 7.82. The van der Waals surface area contributed by atoms with Crippen molar-refractivity contribution in [3.63, 3.8) is 0 Å². The highest BCUT2D eigenvalue weighted by Crippen LogP contribution is 2.42. The van der Waals surface area contributed by atoms with Crippen LogP contribution in [0.4, 0.5) is 0 Å². The van der Waals surface area contributed by atoms with E-state index in [0.717, 1.165) is 49.1 Å². The Morgan fingerprint density at radius 2 is 1.52 bits per heavy atom. The minimum absolute atomic E-state index is 0.00645. The SMILES string of the molecule is CC(C)(C)[Si](OCC1=C2[C@@H](CC/C(=C/c3ccc(O)c4ccccc34)c3ccccn3)OC[C@@H]2S(=O)(=O)C1)(c1ccccc1)c1ccccc1. The summed E-state index contributed by atoms with van der Waals surface area (Å²) in [6.07, 6.45) is 4.78. The summed E-state index contributed by atoms with van der Waals surface area (Å²) < 4.78 is 40.8. The van der Waals surface area contributed by atoms with Gasteiger partial charge in [-0.1, -0.05) is 118 Å². The molecule has 7 rings (SSSR count). The molecule has 2 aliphatic rings. The van der Waals surface area contributed by atoms with Crippen LogP contribution in [0.25, 0.3) is 22.4 Å². The molecule has 1 fully saturated rings. The number of hydrogen-bond acceptors (Lipinski definition) is 6. The Labute approximate surface area is 296 Å². The molecule has 0 amide bonds. The summed E-state index contributed by atoms with van der Waals surface area (Å²) in [6, 6.07) is 38.2. The quantitative estimate of drug-likeness (QED) is 0.121. The number of phenols is 1. The lowest BCUT2D eigenvalue weighted by Gasteiger charge is -2.43. The molecule has 4 aromatic carbocycles. The highest BCUT2D eigenvalue weighted by atomic mass is 32.2. The topological polar surface area (TPSA) is 85.7 Å². The molecule has 1 saturated heterocycles.